The summed E-state index contributed by atoms with van der Waals surface area (Å²) >= 11 is 0. The molecule has 0 unspecified atom stereocenters. The van der Waals surface area contributed by atoms with Crippen molar-refractivity contribution in [2.75, 3.05) is 19.8 Å². The monoisotopic (exact) mass is 271 g/mol. The Kier molecular flexibility index (Phi) is 8.31. The Balaban J connectivity index is 3.41. The summed E-state index contributed by atoms with van der Waals surface area (Å²) in [6.45, 7) is 15.1. The minimum Gasteiger partial charge on any atom is -0.380 e. The smallest absolute Gasteiger partial charge is 0.222 e. The number of carbonyl (C=O) groups excluding carboxylic acids is 1. The first-order valence-corrected chi connectivity index (χ1v) is 7.45. The van der Waals surface area contributed by atoms with Crippen LogP contribution in [0.5, 0.6) is 0 Å². The highest BCUT2D eigenvalue weighted by Crippen LogP contribution is 2.21. The number of ether oxygens (including phenoxy) is 1. The quantitative estimate of drug-likeness (QED) is 0.682. The van der Waals surface area contributed by atoms with Gasteiger partial charge in [-0.2, -0.15) is 0 Å². The van der Waals surface area contributed by atoms with E-state index in [0.29, 0.717) is 25.0 Å². The average Bonchev–Trinajstić information content (AvgIpc) is 2.21. The molecule has 0 aliphatic rings. The van der Waals surface area contributed by atoms with Gasteiger partial charge in [0.1, 0.15) is 0 Å². The number of unbranched alkanes of at least 4 members (excludes halogenated alkanes) is 1. The van der Waals surface area contributed by atoms with Gasteiger partial charge < -0.3 is 10.1 Å². The van der Waals surface area contributed by atoms with Gasteiger partial charge >= 0.3 is 0 Å². The van der Waals surface area contributed by atoms with E-state index in [1.165, 1.54) is 12.8 Å². The minimum atomic E-state index is 0.102. The molecule has 3 nitrogen and oxygen atoms in total. The molecule has 0 fully saturated rings. The van der Waals surface area contributed by atoms with Gasteiger partial charge in [0.25, 0.3) is 0 Å². The van der Waals surface area contributed by atoms with Gasteiger partial charge in [0.05, 0.1) is 13.2 Å². The lowest BCUT2D eigenvalue weighted by Crippen LogP contribution is -2.26. The van der Waals surface area contributed by atoms with Gasteiger partial charge in [-0.1, -0.05) is 48.0 Å². The molecule has 1 N–H and O–H groups in total. The predicted molar refractivity (Wildman–Crippen MR) is 81.2 cm³/mol. The Labute approximate surface area is 119 Å². The van der Waals surface area contributed by atoms with Crippen LogP contribution in [0.1, 0.15) is 67.2 Å². The van der Waals surface area contributed by atoms with Crippen molar-refractivity contribution >= 4 is 5.91 Å². The lowest BCUT2D eigenvalue weighted by Gasteiger charge is -2.18. The van der Waals surface area contributed by atoms with E-state index >= 15 is 0 Å². The molecule has 0 atom stereocenters. The van der Waals surface area contributed by atoms with Gasteiger partial charge in [-0.25, -0.2) is 0 Å². The van der Waals surface area contributed by atoms with Gasteiger partial charge in [-0.05, 0) is 23.7 Å². The normalized spacial score (nSPS) is 12.5. The second-order valence-electron chi connectivity index (χ2n) is 7.73. The van der Waals surface area contributed by atoms with Crippen LogP contribution >= 0.6 is 0 Å². The molecule has 0 spiro atoms. The van der Waals surface area contributed by atoms with Crippen molar-refractivity contribution in [2.24, 2.45) is 10.8 Å². The second kappa shape index (κ2) is 8.57. The molecular weight excluding hydrogens is 238 g/mol. The predicted octanol–water partition coefficient (Wildman–Crippen LogP) is 3.77. The fraction of sp³-hybridized carbons (Fsp3) is 0.938. The third kappa shape index (κ3) is 15.4. The van der Waals surface area contributed by atoms with Crippen LogP contribution in [-0.2, 0) is 9.53 Å². The summed E-state index contributed by atoms with van der Waals surface area (Å²) in [5.74, 6) is 0.102. The number of nitrogens with one attached hydrogen (secondary N) is 1. The lowest BCUT2D eigenvalue weighted by molar-refractivity contribution is -0.122. The maximum absolute atomic E-state index is 11.5. The second-order valence-corrected chi connectivity index (χ2v) is 7.73. The van der Waals surface area contributed by atoms with E-state index in [-0.39, 0.29) is 11.3 Å². The molecule has 1 amide bonds. The van der Waals surface area contributed by atoms with Crippen LogP contribution in [-0.4, -0.2) is 25.7 Å². The van der Waals surface area contributed by atoms with E-state index in [2.05, 4.69) is 46.9 Å². The van der Waals surface area contributed by atoms with Crippen LogP contribution < -0.4 is 5.32 Å². The summed E-state index contributed by atoms with van der Waals surface area (Å²) in [6.07, 6.45) is 3.91. The van der Waals surface area contributed by atoms with Crippen molar-refractivity contribution in [3.05, 3.63) is 0 Å². The number of hydrogen-bond donors (Lipinski definition) is 1. The first kappa shape index (κ1) is 18.4. The third-order valence-electron chi connectivity index (χ3n) is 2.68. The molecular formula is C16H33NO2. The molecule has 0 aliphatic carbocycles. The maximum atomic E-state index is 11.5. The van der Waals surface area contributed by atoms with Crippen molar-refractivity contribution < 1.29 is 9.53 Å². The largest absolute Gasteiger partial charge is 0.380 e. The molecule has 0 aliphatic heterocycles. The topological polar surface area (TPSA) is 38.3 Å². The Morgan fingerprint density at radius 3 is 2.16 bits per heavy atom. The Hall–Kier alpha value is -0.570. The van der Waals surface area contributed by atoms with Crippen LogP contribution in [0.4, 0.5) is 0 Å². The van der Waals surface area contributed by atoms with E-state index in [4.69, 9.17) is 4.74 Å². The molecule has 19 heavy (non-hydrogen) atoms. The number of amides is 1. The number of rotatable bonds is 8. The fourth-order valence-corrected chi connectivity index (χ4v) is 1.64. The fourth-order valence-electron chi connectivity index (χ4n) is 1.64. The zero-order valence-corrected chi connectivity index (χ0v) is 13.8. The molecule has 3 heteroatoms. The molecule has 0 radical (unpaired) electrons. The van der Waals surface area contributed by atoms with Crippen LogP contribution in [0.3, 0.4) is 0 Å². The Morgan fingerprint density at radius 2 is 1.63 bits per heavy atom. The summed E-state index contributed by atoms with van der Waals surface area (Å²) < 4.78 is 5.48. The summed E-state index contributed by atoms with van der Waals surface area (Å²) in [5, 5.41) is 2.95. The zero-order chi connectivity index (χ0) is 14.9. The van der Waals surface area contributed by atoms with Crippen molar-refractivity contribution in [2.45, 2.75) is 67.2 Å². The summed E-state index contributed by atoms with van der Waals surface area (Å²) in [6, 6.07) is 0. The average molecular weight is 271 g/mol. The van der Waals surface area contributed by atoms with E-state index in [1.54, 1.807) is 0 Å². The van der Waals surface area contributed by atoms with Crippen LogP contribution in [0.25, 0.3) is 0 Å². The summed E-state index contributed by atoms with van der Waals surface area (Å²) in [4.78, 5) is 11.5. The van der Waals surface area contributed by atoms with Gasteiger partial charge in [0.15, 0.2) is 0 Å². The van der Waals surface area contributed by atoms with Crippen LogP contribution in [0.15, 0.2) is 0 Å². The first-order valence-electron chi connectivity index (χ1n) is 7.45. The molecule has 0 aromatic carbocycles. The number of carbonyl (C=O) groups is 1. The first-order chi connectivity index (χ1) is 8.60. The summed E-state index contributed by atoms with van der Waals surface area (Å²) in [7, 11) is 0. The van der Waals surface area contributed by atoms with Crippen LogP contribution in [0.2, 0.25) is 0 Å². The highest BCUT2D eigenvalue weighted by Gasteiger charge is 2.11. The van der Waals surface area contributed by atoms with E-state index < -0.39 is 0 Å². The Morgan fingerprint density at radius 1 is 1.00 bits per heavy atom. The minimum absolute atomic E-state index is 0.102. The highest BCUT2D eigenvalue weighted by molar-refractivity contribution is 5.75. The lowest BCUT2D eigenvalue weighted by atomic mass is 9.90. The van der Waals surface area contributed by atoms with Gasteiger partial charge in [0.2, 0.25) is 5.91 Å². The van der Waals surface area contributed by atoms with Gasteiger partial charge in [-0.15, -0.1) is 0 Å². The number of hydrogen-bond acceptors (Lipinski definition) is 2. The maximum Gasteiger partial charge on any atom is 0.222 e. The molecule has 114 valence electrons. The zero-order valence-electron chi connectivity index (χ0n) is 13.8. The Bertz CT molecular complexity index is 248. The molecule has 0 saturated carbocycles. The van der Waals surface area contributed by atoms with Crippen molar-refractivity contribution in [3.8, 4) is 0 Å². The van der Waals surface area contributed by atoms with Crippen molar-refractivity contribution in [1.82, 2.24) is 5.32 Å². The van der Waals surface area contributed by atoms with E-state index in [9.17, 15) is 4.79 Å². The van der Waals surface area contributed by atoms with Crippen molar-refractivity contribution in [1.29, 1.82) is 0 Å². The van der Waals surface area contributed by atoms with Crippen LogP contribution in [0, 0.1) is 10.8 Å². The highest BCUT2D eigenvalue weighted by atomic mass is 16.5. The standard InChI is InChI=1S/C16H33NO2/c1-15(2,3)10-7-8-11-17-14(18)9-12-19-13-16(4,5)6/h7-13H2,1-6H3,(H,17,18). The van der Waals surface area contributed by atoms with Crippen molar-refractivity contribution in [3.63, 3.8) is 0 Å². The molecule has 0 bridgehead atoms. The molecule has 0 heterocycles. The molecule has 0 saturated heterocycles. The molecule has 0 aromatic heterocycles. The van der Waals surface area contributed by atoms with E-state index in [0.717, 1.165) is 13.0 Å². The van der Waals surface area contributed by atoms with Gasteiger partial charge in [-0.3, -0.25) is 4.79 Å². The summed E-state index contributed by atoms with van der Waals surface area (Å²) in [5.41, 5.74) is 0.564. The third-order valence-corrected chi connectivity index (χ3v) is 2.68. The van der Waals surface area contributed by atoms with Gasteiger partial charge in [0, 0.05) is 13.0 Å². The SMILES string of the molecule is CC(C)(C)CCCCNC(=O)CCOCC(C)(C)C. The molecule has 0 rings (SSSR count). The molecule has 0 aromatic rings. The van der Waals surface area contributed by atoms with E-state index in [1.807, 2.05) is 0 Å².